The van der Waals surface area contributed by atoms with Crippen molar-refractivity contribution in [3.8, 4) is 0 Å². The van der Waals surface area contributed by atoms with Crippen molar-refractivity contribution in [1.82, 2.24) is 10.6 Å². The van der Waals surface area contributed by atoms with E-state index in [-0.39, 0.29) is 23.7 Å². The SMILES string of the molecule is CC1(CNC(=O)CSc2cc(Cl)ccc2Cl)CCNCC1.Cl. The summed E-state index contributed by atoms with van der Waals surface area (Å²) < 4.78 is 0. The Labute approximate surface area is 152 Å². The minimum atomic E-state index is 0. The fourth-order valence-corrected chi connectivity index (χ4v) is 3.62. The second-order valence-electron chi connectivity index (χ2n) is 5.70. The van der Waals surface area contributed by atoms with Crippen LogP contribution in [0.15, 0.2) is 23.1 Å². The molecule has 3 nitrogen and oxygen atoms in total. The number of hydrogen-bond donors (Lipinski definition) is 2. The van der Waals surface area contributed by atoms with Gasteiger partial charge < -0.3 is 10.6 Å². The predicted molar refractivity (Wildman–Crippen MR) is 97.7 cm³/mol. The van der Waals surface area contributed by atoms with Gasteiger partial charge in [-0.2, -0.15) is 0 Å². The minimum absolute atomic E-state index is 0. The molecule has 1 aromatic rings. The van der Waals surface area contributed by atoms with Crippen molar-refractivity contribution >= 4 is 53.3 Å². The van der Waals surface area contributed by atoms with Gasteiger partial charge in [-0.1, -0.05) is 30.1 Å². The van der Waals surface area contributed by atoms with Crippen LogP contribution in [0.5, 0.6) is 0 Å². The standard InChI is InChI=1S/C15H20Cl2N2OS.ClH/c1-15(4-6-18-7-5-15)10-19-14(20)9-21-13-8-11(16)2-3-12(13)17;/h2-3,8,18H,4-7,9-10H2,1H3,(H,19,20);1H. The van der Waals surface area contributed by atoms with Gasteiger partial charge in [0.2, 0.25) is 5.91 Å². The number of carbonyl (C=O) groups excluding carboxylic acids is 1. The van der Waals surface area contributed by atoms with E-state index in [2.05, 4.69) is 17.6 Å². The molecule has 0 aromatic heterocycles. The van der Waals surface area contributed by atoms with E-state index in [0.29, 0.717) is 15.8 Å². The third kappa shape index (κ3) is 6.17. The molecule has 0 aliphatic carbocycles. The molecule has 0 radical (unpaired) electrons. The Bertz CT molecular complexity index is 508. The van der Waals surface area contributed by atoms with Crippen LogP contribution in [0.4, 0.5) is 0 Å². The lowest BCUT2D eigenvalue weighted by atomic mass is 9.81. The van der Waals surface area contributed by atoms with Crippen LogP contribution in [0.25, 0.3) is 0 Å². The van der Waals surface area contributed by atoms with Crippen molar-refractivity contribution < 1.29 is 4.79 Å². The van der Waals surface area contributed by atoms with E-state index in [1.165, 1.54) is 11.8 Å². The first-order chi connectivity index (χ1) is 9.98. The molecule has 124 valence electrons. The average Bonchev–Trinajstić information content (AvgIpc) is 2.47. The van der Waals surface area contributed by atoms with E-state index in [1.54, 1.807) is 18.2 Å². The van der Waals surface area contributed by atoms with Gasteiger partial charge in [0.15, 0.2) is 0 Å². The first-order valence-corrected chi connectivity index (χ1v) is 8.78. The second kappa shape index (κ2) is 9.24. The Morgan fingerprint density at radius 2 is 2.05 bits per heavy atom. The first-order valence-electron chi connectivity index (χ1n) is 7.04. The Morgan fingerprint density at radius 1 is 1.36 bits per heavy atom. The van der Waals surface area contributed by atoms with E-state index in [0.717, 1.165) is 37.4 Å². The molecule has 1 saturated heterocycles. The molecule has 1 heterocycles. The van der Waals surface area contributed by atoms with Crippen LogP contribution in [-0.4, -0.2) is 31.3 Å². The fraction of sp³-hybridized carbons (Fsp3) is 0.533. The third-order valence-corrected chi connectivity index (χ3v) is 5.51. The Hall–Kier alpha value is -0.130. The number of halogens is 3. The lowest BCUT2D eigenvalue weighted by Gasteiger charge is -2.34. The van der Waals surface area contributed by atoms with Gasteiger partial charge in [0.25, 0.3) is 0 Å². The van der Waals surface area contributed by atoms with E-state index < -0.39 is 0 Å². The summed E-state index contributed by atoms with van der Waals surface area (Å²) in [6, 6.07) is 5.28. The zero-order chi connectivity index (χ0) is 15.3. The highest BCUT2D eigenvalue weighted by molar-refractivity contribution is 8.00. The molecule has 0 spiro atoms. The molecule has 7 heteroatoms. The summed E-state index contributed by atoms with van der Waals surface area (Å²) in [4.78, 5) is 12.8. The molecule has 0 unspecified atom stereocenters. The van der Waals surface area contributed by atoms with Crippen molar-refractivity contribution in [2.75, 3.05) is 25.4 Å². The summed E-state index contributed by atoms with van der Waals surface area (Å²) in [5, 5.41) is 7.63. The van der Waals surface area contributed by atoms with Crippen molar-refractivity contribution in [3.63, 3.8) is 0 Å². The van der Waals surface area contributed by atoms with Crippen LogP contribution < -0.4 is 10.6 Å². The molecule has 2 N–H and O–H groups in total. The average molecular weight is 384 g/mol. The van der Waals surface area contributed by atoms with Crippen molar-refractivity contribution in [1.29, 1.82) is 0 Å². The zero-order valence-electron chi connectivity index (χ0n) is 12.5. The van der Waals surface area contributed by atoms with Gasteiger partial charge in [0, 0.05) is 16.5 Å². The molecule has 22 heavy (non-hydrogen) atoms. The number of thioether (sulfide) groups is 1. The van der Waals surface area contributed by atoms with Gasteiger partial charge in [-0.05, 0) is 49.5 Å². The summed E-state index contributed by atoms with van der Waals surface area (Å²) in [5.74, 6) is 0.393. The Morgan fingerprint density at radius 3 is 2.73 bits per heavy atom. The highest BCUT2D eigenvalue weighted by atomic mass is 35.5. The number of piperidine rings is 1. The van der Waals surface area contributed by atoms with Crippen LogP contribution in [0, 0.1) is 5.41 Å². The van der Waals surface area contributed by atoms with Crippen molar-refractivity contribution in [2.24, 2.45) is 5.41 Å². The normalized spacial score (nSPS) is 16.7. The minimum Gasteiger partial charge on any atom is -0.355 e. The fourth-order valence-electron chi connectivity index (χ4n) is 2.30. The highest BCUT2D eigenvalue weighted by Gasteiger charge is 2.26. The molecule has 1 fully saturated rings. The zero-order valence-corrected chi connectivity index (χ0v) is 15.6. The summed E-state index contributed by atoms with van der Waals surface area (Å²) in [5.41, 5.74) is 0.208. The number of nitrogens with one attached hydrogen (secondary N) is 2. The number of benzene rings is 1. The van der Waals surface area contributed by atoms with Crippen LogP contribution in [0.1, 0.15) is 19.8 Å². The van der Waals surface area contributed by atoms with Gasteiger partial charge in [0.05, 0.1) is 10.8 Å². The maximum absolute atomic E-state index is 12.0. The van der Waals surface area contributed by atoms with Crippen LogP contribution in [0.2, 0.25) is 10.0 Å². The van der Waals surface area contributed by atoms with Gasteiger partial charge in [-0.15, -0.1) is 24.2 Å². The molecule has 0 bridgehead atoms. The van der Waals surface area contributed by atoms with Crippen molar-refractivity contribution in [3.05, 3.63) is 28.2 Å². The molecule has 2 rings (SSSR count). The van der Waals surface area contributed by atoms with Crippen LogP contribution >= 0.6 is 47.4 Å². The first kappa shape index (κ1) is 19.9. The Balaban J connectivity index is 0.00000242. The van der Waals surface area contributed by atoms with Crippen molar-refractivity contribution in [2.45, 2.75) is 24.7 Å². The summed E-state index contributed by atoms with van der Waals surface area (Å²) in [6.45, 7) is 5.02. The summed E-state index contributed by atoms with van der Waals surface area (Å²) in [7, 11) is 0. The smallest absolute Gasteiger partial charge is 0.230 e. The quantitative estimate of drug-likeness (QED) is 0.755. The molecular weight excluding hydrogens is 363 g/mol. The second-order valence-corrected chi connectivity index (χ2v) is 7.56. The number of carbonyl (C=O) groups is 1. The van der Waals surface area contributed by atoms with Crippen LogP contribution in [-0.2, 0) is 4.79 Å². The number of hydrogen-bond acceptors (Lipinski definition) is 3. The lowest BCUT2D eigenvalue weighted by Crippen LogP contribution is -2.43. The predicted octanol–water partition coefficient (Wildman–Crippen LogP) is 4.01. The maximum Gasteiger partial charge on any atom is 0.230 e. The molecular formula is C15H21Cl3N2OS. The molecule has 0 atom stereocenters. The summed E-state index contributed by atoms with van der Waals surface area (Å²) >= 11 is 13.4. The van der Waals surface area contributed by atoms with E-state index in [9.17, 15) is 4.79 Å². The lowest BCUT2D eigenvalue weighted by molar-refractivity contribution is -0.119. The van der Waals surface area contributed by atoms with Gasteiger partial charge in [0.1, 0.15) is 0 Å². The third-order valence-electron chi connectivity index (χ3n) is 3.78. The van der Waals surface area contributed by atoms with Gasteiger partial charge in [-0.3, -0.25) is 4.79 Å². The van der Waals surface area contributed by atoms with E-state index >= 15 is 0 Å². The number of amides is 1. The van der Waals surface area contributed by atoms with Gasteiger partial charge in [-0.25, -0.2) is 0 Å². The van der Waals surface area contributed by atoms with E-state index in [4.69, 9.17) is 23.2 Å². The molecule has 1 aromatic carbocycles. The Kier molecular flexibility index (Phi) is 8.36. The van der Waals surface area contributed by atoms with Crippen LogP contribution in [0.3, 0.4) is 0 Å². The largest absolute Gasteiger partial charge is 0.355 e. The molecule has 1 aliphatic rings. The summed E-state index contributed by atoms with van der Waals surface area (Å²) in [6.07, 6.45) is 2.20. The molecule has 1 aliphatic heterocycles. The number of rotatable bonds is 5. The molecule has 1 amide bonds. The van der Waals surface area contributed by atoms with Gasteiger partial charge >= 0.3 is 0 Å². The monoisotopic (exact) mass is 382 g/mol. The highest BCUT2D eigenvalue weighted by Crippen LogP contribution is 2.30. The topological polar surface area (TPSA) is 41.1 Å². The van der Waals surface area contributed by atoms with E-state index in [1.807, 2.05) is 0 Å². The molecule has 0 saturated carbocycles. The maximum atomic E-state index is 12.0.